The fourth-order valence-corrected chi connectivity index (χ4v) is 1.33. The van der Waals surface area contributed by atoms with Gasteiger partial charge >= 0.3 is 0 Å². The monoisotopic (exact) mass is 208 g/mol. The molecule has 0 unspecified atom stereocenters. The van der Waals surface area contributed by atoms with E-state index in [1.165, 1.54) is 7.11 Å². The van der Waals surface area contributed by atoms with Crippen molar-refractivity contribution in [2.24, 2.45) is 0 Å². The molecule has 0 N–H and O–H groups in total. The van der Waals surface area contributed by atoms with E-state index in [-0.39, 0.29) is 5.78 Å². The van der Waals surface area contributed by atoms with Gasteiger partial charge in [-0.15, -0.1) is 0 Å². The molecule has 15 heavy (non-hydrogen) atoms. The molecule has 1 aromatic rings. The van der Waals surface area contributed by atoms with Crippen molar-refractivity contribution in [3.8, 4) is 5.75 Å². The van der Waals surface area contributed by atoms with Crippen molar-refractivity contribution in [3.05, 3.63) is 24.0 Å². The van der Waals surface area contributed by atoms with Gasteiger partial charge in [-0.2, -0.15) is 5.10 Å². The van der Waals surface area contributed by atoms with E-state index >= 15 is 0 Å². The van der Waals surface area contributed by atoms with Crippen LogP contribution in [0.2, 0.25) is 0 Å². The van der Waals surface area contributed by atoms with E-state index in [1.54, 1.807) is 17.8 Å². The molecule has 1 heterocycles. The number of carbonyl (C=O) groups is 1. The summed E-state index contributed by atoms with van der Waals surface area (Å²) in [5, 5.41) is 4.11. The molecule has 0 aliphatic rings. The summed E-state index contributed by atoms with van der Waals surface area (Å²) < 4.78 is 6.76. The molecule has 4 nitrogen and oxygen atoms in total. The van der Waals surface area contributed by atoms with Gasteiger partial charge in [0.25, 0.3) is 0 Å². The smallest absolute Gasteiger partial charge is 0.209 e. The molecule has 82 valence electrons. The van der Waals surface area contributed by atoms with Crippen LogP contribution in [0.1, 0.15) is 30.8 Å². The lowest BCUT2D eigenvalue weighted by molar-refractivity contribution is 0.102. The third-order valence-corrected chi connectivity index (χ3v) is 2.06. The lowest BCUT2D eigenvalue weighted by atomic mass is 10.1. The third-order valence-electron chi connectivity index (χ3n) is 2.06. The van der Waals surface area contributed by atoms with Crippen molar-refractivity contribution in [2.45, 2.75) is 26.8 Å². The fraction of sp³-hybridized carbons (Fsp3) is 0.455. The molecule has 0 radical (unpaired) electrons. The molecule has 4 heteroatoms. The molecule has 0 bridgehead atoms. The Balaban J connectivity index is 3.15. The summed E-state index contributed by atoms with van der Waals surface area (Å²) >= 11 is 0. The zero-order valence-corrected chi connectivity index (χ0v) is 9.41. The minimum Gasteiger partial charge on any atom is -0.493 e. The van der Waals surface area contributed by atoms with Gasteiger partial charge in [-0.3, -0.25) is 9.48 Å². The van der Waals surface area contributed by atoms with E-state index in [1.807, 2.05) is 6.92 Å². The van der Waals surface area contributed by atoms with Crippen LogP contribution in [0.15, 0.2) is 18.3 Å². The first-order valence-corrected chi connectivity index (χ1v) is 4.91. The average molecular weight is 208 g/mol. The highest BCUT2D eigenvalue weighted by atomic mass is 16.5. The van der Waals surface area contributed by atoms with Crippen molar-refractivity contribution in [2.75, 3.05) is 7.11 Å². The number of rotatable bonds is 5. The summed E-state index contributed by atoms with van der Waals surface area (Å²) in [6.45, 7) is 8.06. The van der Waals surface area contributed by atoms with Crippen molar-refractivity contribution in [3.63, 3.8) is 0 Å². The first kappa shape index (κ1) is 11.5. The van der Waals surface area contributed by atoms with Crippen LogP contribution >= 0.6 is 0 Å². The predicted molar refractivity (Wildman–Crippen MR) is 58.2 cm³/mol. The number of allylic oxidation sites excluding steroid dienone is 1. The zero-order valence-electron chi connectivity index (χ0n) is 9.41. The molecular formula is C11H16N2O2. The Morgan fingerprint density at radius 2 is 2.33 bits per heavy atom. The summed E-state index contributed by atoms with van der Waals surface area (Å²) in [5.74, 6) is 0.397. The van der Waals surface area contributed by atoms with Gasteiger partial charge in [-0.05, 0) is 18.9 Å². The molecule has 0 aliphatic carbocycles. The molecule has 0 spiro atoms. The van der Waals surface area contributed by atoms with Crippen LogP contribution in [0.25, 0.3) is 0 Å². The first-order chi connectivity index (χ1) is 7.11. The quantitative estimate of drug-likeness (QED) is 0.549. The van der Waals surface area contributed by atoms with Crippen LogP contribution in [0.4, 0.5) is 0 Å². The number of ketones is 1. The van der Waals surface area contributed by atoms with Gasteiger partial charge in [0.2, 0.25) is 5.78 Å². The maximum Gasteiger partial charge on any atom is 0.209 e. The van der Waals surface area contributed by atoms with E-state index < -0.39 is 0 Å². The molecule has 1 rings (SSSR count). The third kappa shape index (κ3) is 2.26. The summed E-state index contributed by atoms with van der Waals surface area (Å²) in [5.41, 5.74) is 0.984. The van der Waals surface area contributed by atoms with Gasteiger partial charge in [-0.1, -0.05) is 13.5 Å². The predicted octanol–water partition coefficient (Wildman–Crippen LogP) is 2.06. The number of ether oxygens (including phenoxy) is 1. The van der Waals surface area contributed by atoms with Gasteiger partial charge < -0.3 is 4.74 Å². The zero-order chi connectivity index (χ0) is 11.4. The second kappa shape index (κ2) is 4.77. The van der Waals surface area contributed by atoms with Crippen LogP contribution in [0.3, 0.4) is 0 Å². The lowest BCUT2D eigenvalue weighted by Crippen LogP contribution is -2.12. The number of nitrogens with zero attached hydrogens (tertiary/aromatic N) is 2. The average Bonchev–Trinajstić information content (AvgIpc) is 2.60. The van der Waals surface area contributed by atoms with E-state index in [0.29, 0.717) is 23.6 Å². The summed E-state index contributed by atoms with van der Waals surface area (Å²) in [7, 11) is 1.53. The molecule has 0 saturated heterocycles. The van der Waals surface area contributed by atoms with Crippen LogP contribution in [0, 0.1) is 0 Å². The normalized spacial score (nSPS) is 10.1. The summed E-state index contributed by atoms with van der Waals surface area (Å²) in [6.07, 6.45) is 2.48. The van der Waals surface area contributed by atoms with Crippen LogP contribution in [-0.4, -0.2) is 22.7 Å². The van der Waals surface area contributed by atoms with Crippen molar-refractivity contribution >= 4 is 5.78 Å². The van der Waals surface area contributed by atoms with Crippen molar-refractivity contribution in [1.29, 1.82) is 0 Å². The lowest BCUT2D eigenvalue weighted by Gasteiger charge is -2.06. The highest BCUT2D eigenvalue weighted by Crippen LogP contribution is 2.20. The van der Waals surface area contributed by atoms with Gasteiger partial charge in [0.1, 0.15) is 0 Å². The number of Topliss-reactive ketones (excluding diaryl/α,β-unsaturated/α-hetero) is 1. The Hall–Kier alpha value is -1.58. The second-order valence-electron chi connectivity index (χ2n) is 3.39. The number of hydrogen-bond donors (Lipinski definition) is 0. The number of aromatic nitrogens is 2. The molecule has 0 aliphatic heterocycles. The van der Waals surface area contributed by atoms with Crippen LogP contribution in [-0.2, 0) is 6.54 Å². The topological polar surface area (TPSA) is 44.1 Å². The van der Waals surface area contributed by atoms with E-state index in [0.717, 1.165) is 6.42 Å². The Morgan fingerprint density at radius 1 is 1.67 bits per heavy atom. The summed E-state index contributed by atoms with van der Waals surface area (Å²) in [6, 6.07) is 0. The van der Waals surface area contributed by atoms with Crippen molar-refractivity contribution < 1.29 is 9.53 Å². The Bertz CT molecular complexity index is 380. The number of carbonyl (C=O) groups excluding carboxylic acids is 1. The molecular weight excluding hydrogens is 192 g/mol. The maximum absolute atomic E-state index is 11.8. The van der Waals surface area contributed by atoms with Crippen LogP contribution < -0.4 is 4.74 Å². The van der Waals surface area contributed by atoms with E-state index in [9.17, 15) is 4.79 Å². The Kier molecular flexibility index (Phi) is 3.66. The number of hydrogen-bond acceptors (Lipinski definition) is 3. The summed E-state index contributed by atoms with van der Waals surface area (Å²) in [4.78, 5) is 11.8. The minimum atomic E-state index is -0.113. The molecule has 0 fully saturated rings. The van der Waals surface area contributed by atoms with E-state index in [2.05, 4.69) is 11.7 Å². The van der Waals surface area contributed by atoms with Gasteiger partial charge in [0.05, 0.1) is 13.3 Å². The molecule has 0 saturated carbocycles. The Labute approximate surface area is 89.5 Å². The fourth-order valence-electron chi connectivity index (χ4n) is 1.33. The molecule has 0 aromatic carbocycles. The largest absolute Gasteiger partial charge is 0.493 e. The van der Waals surface area contributed by atoms with Crippen LogP contribution in [0.5, 0.6) is 5.75 Å². The standard InChI is InChI=1S/C11H16N2O2/c1-5-6-13-10(11(14)8(2)3)9(15-4)7-12-13/h7H,2,5-6H2,1,3-4H3. The number of methoxy groups -OCH3 is 1. The SMILES string of the molecule is C=C(C)C(=O)c1c(OC)cnn1CCC. The van der Waals surface area contributed by atoms with Crippen molar-refractivity contribution in [1.82, 2.24) is 9.78 Å². The highest BCUT2D eigenvalue weighted by molar-refractivity contribution is 6.08. The second-order valence-corrected chi connectivity index (χ2v) is 3.39. The highest BCUT2D eigenvalue weighted by Gasteiger charge is 2.19. The molecule has 1 aromatic heterocycles. The minimum absolute atomic E-state index is 0.113. The molecule has 0 amide bonds. The van der Waals surface area contributed by atoms with E-state index in [4.69, 9.17) is 4.74 Å². The van der Waals surface area contributed by atoms with Gasteiger partial charge in [0.15, 0.2) is 11.4 Å². The van der Waals surface area contributed by atoms with Gasteiger partial charge in [0, 0.05) is 6.54 Å². The molecule has 0 atom stereocenters. The number of aryl methyl sites for hydroxylation is 1. The van der Waals surface area contributed by atoms with Gasteiger partial charge in [-0.25, -0.2) is 0 Å². The maximum atomic E-state index is 11.8. The first-order valence-electron chi connectivity index (χ1n) is 4.91. The Morgan fingerprint density at radius 3 is 2.80 bits per heavy atom.